The Labute approximate surface area is 128 Å². The minimum Gasteiger partial charge on any atom is -0.349 e. The second-order valence-electron chi connectivity index (χ2n) is 8.85. The highest BCUT2D eigenvalue weighted by molar-refractivity contribution is 5.89. The molecule has 1 amide bonds. The fourth-order valence-corrected chi connectivity index (χ4v) is 6.67. The molecule has 4 rings (SSSR count). The van der Waals surface area contributed by atoms with Gasteiger partial charge in [-0.2, -0.15) is 0 Å². The van der Waals surface area contributed by atoms with E-state index in [-0.39, 0.29) is 11.3 Å². The molecule has 0 radical (unpaired) electrons. The number of nitrogens with one attached hydrogen (secondary N) is 1. The summed E-state index contributed by atoms with van der Waals surface area (Å²) in [6.45, 7) is 7.42. The second-order valence-corrected chi connectivity index (χ2v) is 8.85. The van der Waals surface area contributed by atoms with E-state index in [4.69, 9.17) is 0 Å². The number of hydrogen-bond donors (Lipinski definition) is 1. The van der Waals surface area contributed by atoms with Gasteiger partial charge in [-0.25, -0.2) is 0 Å². The number of amides is 1. The summed E-state index contributed by atoms with van der Waals surface area (Å²) in [5.74, 6) is 3.42. The predicted molar refractivity (Wildman–Crippen MR) is 84.6 cm³/mol. The Hall–Kier alpha value is -0.790. The van der Waals surface area contributed by atoms with Crippen molar-refractivity contribution >= 4 is 5.91 Å². The molecular weight excluding hydrogens is 258 g/mol. The van der Waals surface area contributed by atoms with E-state index in [1.807, 2.05) is 0 Å². The number of carbonyl (C=O) groups is 1. The minimum absolute atomic E-state index is 0.115. The van der Waals surface area contributed by atoms with Crippen molar-refractivity contribution < 1.29 is 4.79 Å². The number of carbonyl (C=O) groups excluding carboxylic acids is 1. The average molecular weight is 287 g/mol. The lowest BCUT2D eigenvalue weighted by molar-refractivity contribution is -0.124. The summed E-state index contributed by atoms with van der Waals surface area (Å²) in [5.41, 5.74) is 0.801. The zero-order valence-corrected chi connectivity index (χ0v) is 13.7. The van der Waals surface area contributed by atoms with E-state index in [1.165, 1.54) is 38.5 Å². The Balaban J connectivity index is 1.73. The Bertz CT molecular complexity index is 498. The summed E-state index contributed by atoms with van der Waals surface area (Å²) in [5, 5.41) is 3.27. The van der Waals surface area contributed by atoms with Crippen molar-refractivity contribution in [2.75, 3.05) is 0 Å². The van der Waals surface area contributed by atoms with Crippen molar-refractivity contribution in [1.29, 1.82) is 0 Å². The van der Waals surface area contributed by atoms with Gasteiger partial charge in [0.2, 0.25) is 5.91 Å². The van der Waals surface area contributed by atoms with Gasteiger partial charge in [-0.1, -0.05) is 33.3 Å². The third-order valence-corrected chi connectivity index (χ3v) is 7.84. The average Bonchev–Trinajstić information content (AvgIpc) is 2.82. The fourth-order valence-electron chi connectivity index (χ4n) is 6.67. The van der Waals surface area contributed by atoms with Crippen molar-refractivity contribution in [3.63, 3.8) is 0 Å². The predicted octanol–water partition coefficient (Wildman–Crippen LogP) is 3.92. The molecule has 2 unspecified atom stereocenters. The first kappa shape index (κ1) is 13.8. The summed E-state index contributed by atoms with van der Waals surface area (Å²) in [6, 6.07) is 0.358. The van der Waals surface area contributed by atoms with Crippen LogP contribution in [0, 0.1) is 34.5 Å². The smallest absolute Gasteiger partial charge is 0.243 e. The van der Waals surface area contributed by atoms with Gasteiger partial charge in [0, 0.05) is 11.5 Å². The molecule has 3 saturated carbocycles. The van der Waals surface area contributed by atoms with E-state index >= 15 is 0 Å². The molecule has 0 aromatic rings. The first-order valence-corrected chi connectivity index (χ1v) is 8.94. The Morgan fingerprint density at radius 1 is 1.19 bits per heavy atom. The van der Waals surface area contributed by atoms with E-state index in [1.54, 1.807) is 6.08 Å². The maximum absolute atomic E-state index is 11.8. The Kier molecular flexibility index (Phi) is 2.88. The van der Waals surface area contributed by atoms with Gasteiger partial charge in [0.1, 0.15) is 0 Å². The topological polar surface area (TPSA) is 29.1 Å². The molecule has 3 fully saturated rings. The molecular formula is C19H29NO. The van der Waals surface area contributed by atoms with Gasteiger partial charge in [-0.3, -0.25) is 4.79 Å². The van der Waals surface area contributed by atoms with Gasteiger partial charge in [0.15, 0.2) is 0 Å². The van der Waals surface area contributed by atoms with Crippen molar-refractivity contribution in [3.05, 3.63) is 12.2 Å². The number of fused-ring (bicyclic) bond motifs is 5. The molecule has 0 aromatic carbocycles. The maximum atomic E-state index is 11.8. The lowest BCUT2D eigenvalue weighted by Gasteiger charge is -2.60. The highest BCUT2D eigenvalue weighted by Crippen LogP contribution is 2.64. The van der Waals surface area contributed by atoms with E-state index in [0.29, 0.717) is 11.5 Å². The van der Waals surface area contributed by atoms with Crippen LogP contribution < -0.4 is 5.32 Å². The van der Waals surface area contributed by atoms with Gasteiger partial charge in [0.05, 0.1) is 0 Å². The summed E-state index contributed by atoms with van der Waals surface area (Å²) in [4.78, 5) is 11.8. The Morgan fingerprint density at radius 2 is 2.00 bits per heavy atom. The summed E-state index contributed by atoms with van der Waals surface area (Å²) in [7, 11) is 0. The lowest BCUT2D eigenvalue weighted by Crippen LogP contribution is -2.61. The highest BCUT2D eigenvalue weighted by Gasteiger charge is 2.59. The third-order valence-electron chi connectivity index (χ3n) is 7.84. The second kappa shape index (κ2) is 4.36. The van der Waals surface area contributed by atoms with Crippen LogP contribution in [0.4, 0.5) is 0 Å². The van der Waals surface area contributed by atoms with Crippen LogP contribution in [0.5, 0.6) is 0 Å². The molecule has 21 heavy (non-hydrogen) atoms. The van der Waals surface area contributed by atoms with Crippen molar-refractivity contribution in [3.8, 4) is 0 Å². The first-order valence-electron chi connectivity index (χ1n) is 8.94. The number of hydrogen-bond acceptors (Lipinski definition) is 1. The van der Waals surface area contributed by atoms with Crippen LogP contribution in [0.1, 0.15) is 59.3 Å². The molecule has 1 aliphatic heterocycles. The fraction of sp³-hybridized carbons (Fsp3) is 0.842. The molecule has 3 aliphatic carbocycles. The lowest BCUT2D eigenvalue weighted by atomic mass is 9.46. The van der Waals surface area contributed by atoms with Crippen LogP contribution in [0.15, 0.2) is 12.2 Å². The monoisotopic (exact) mass is 287 g/mol. The SMILES string of the molecule is CC1CC2NC(=O)C=C[C@]2(C)[C@@H]2CC[C@]3(C)CCC[C@H]3[C@H]12. The van der Waals surface area contributed by atoms with E-state index < -0.39 is 0 Å². The van der Waals surface area contributed by atoms with Crippen LogP contribution >= 0.6 is 0 Å². The summed E-state index contributed by atoms with van der Waals surface area (Å²) < 4.78 is 0. The molecule has 116 valence electrons. The van der Waals surface area contributed by atoms with Crippen LogP contribution in [0.25, 0.3) is 0 Å². The minimum atomic E-state index is 0.115. The van der Waals surface area contributed by atoms with Crippen LogP contribution in [0.3, 0.4) is 0 Å². The molecule has 0 spiro atoms. The van der Waals surface area contributed by atoms with Crippen molar-refractivity contribution in [2.45, 2.75) is 65.3 Å². The van der Waals surface area contributed by atoms with Crippen LogP contribution in [-0.2, 0) is 4.79 Å². The first-order chi connectivity index (χ1) is 9.94. The molecule has 0 aromatic heterocycles. The van der Waals surface area contributed by atoms with Crippen molar-refractivity contribution in [2.24, 2.45) is 34.5 Å². The Morgan fingerprint density at radius 3 is 2.81 bits per heavy atom. The largest absolute Gasteiger partial charge is 0.349 e. The molecule has 4 aliphatic rings. The maximum Gasteiger partial charge on any atom is 0.243 e. The zero-order chi connectivity index (χ0) is 14.8. The number of rotatable bonds is 0. The standard InChI is InChI=1S/C19H29NO/c1-12-11-15-19(3,10-7-16(21)20-15)14-6-9-18(2)8-4-5-13(18)17(12)14/h7,10,12-15,17H,4-6,8-9,11H2,1-3H3,(H,20,21)/t12?,13-,14+,15?,17-,18-,19+/m0/s1. The quantitative estimate of drug-likeness (QED) is 0.719. The molecule has 1 N–H and O–H groups in total. The van der Waals surface area contributed by atoms with E-state index in [2.05, 4.69) is 32.2 Å². The summed E-state index contributed by atoms with van der Waals surface area (Å²) >= 11 is 0. The highest BCUT2D eigenvalue weighted by atomic mass is 16.1. The molecule has 1 heterocycles. The van der Waals surface area contributed by atoms with Gasteiger partial charge in [0.25, 0.3) is 0 Å². The van der Waals surface area contributed by atoms with Gasteiger partial charge in [-0.05, 0) is 67.3 Å². The van der Waals surface area contributed by atoms with E-state index in [0.717, 1.165) is 23.7 Å². The molecule has 0 saturated heterocycles. The van der Waals surface area contributed by atoms with Crippen LogP contribution in [0.2, 0.25) is 0 Å². The molecule has 2 heteroatoms. The van der Waals surface area contributed by atoms with E-state index in [9.17, 15) is 4.79 Å². The molecule has 0 bridgehead atoms. The van der Waals surface area contributed by atoms with Crippen molar-refractivity contribution in [1.82, 2.24) is 5.32 Å². The molecule has 2 nitrogen and oxygen atoms in total. The van der Waals surface area contributed by atoms with Gasteiger partial charge < -0.3 is 5.32 Å². The van der Waals surface area contributed by atoms with Gasteiger partial charge in [-0.15, -0.1) is 0 Å². The normalized spacial score (nSPS) is 55.4. The zero-order valence-electron chi connectivity index (χ0n) is 13.7. The van der Waals surface area contributed by atoms with Gasteiger partial charge >= 0.3 is 0 Å². The third kappa shape index (κ3) is 1.80. The molecule has 7 atom stereocenters. The van der Waals surface area contributed by atoms with Crippen LogP contribution in [-0.4, -0.2) is 11.9 Å². The summed E-state index contributed by atoms with van der Waals surface area (Å²) in [6.07, 6.45) is 12.3.